The SMILES string of the molecule is NC(=O)c1c(NC(=O)C2CC=CCC2C(=O)[O-])sc2c1CCCC2. The Labute approximate surface area is 143 Å². The second-order valence-electron chi connectivity index (χ2n) is 6.24. The van der Waals surface area contributed by atoms with Gasteiger partial charge in [0.05, 0.1) is 11.5 Å². The molecule has 24 heavy (non-hydrogen) atoms. The highest BCUT2D eigenvalue weighted by molar-refractivity contribution is 7.17. The van der Waals surface area contributed by atoms with Crippen molar-refractivity contribution < 1.29 is 19.5 Å². The third kappa shape index (κ3) is 3.08. The minimum Gasteiger partial charge on any atom is -0.550 e. The number of hydrogen-bond acceptors (Lipinski definition) is 5. The molecule has 2 aliphatic rings. The van der Waals surface area contributed by atoms with Gasteiger partial charge in [-0.15, -0.1) is 11.3 Å². The van der Waals surface area contributed by atoms with Gasteiger partial charge in [-0.05, 0) is 44.1 Å². The number of fused-ring (bicyclic) bond motifs is 1. The van der Waals surface area contributed by atoms with Crippen LogP contribution in [0.2, 0.25) is 0 Å². The number of carboxylic acid groups (broad SMARTS) is 1. The average molecular weight is 347 g/mol. The van der Waals surface area contributed by atoms with Crippen LogP contribution in [-0.2, 0) is 22.4 Å². The number of thiophene rings is 1. The van der Waals surface area contributed by atoms with Gasteiger partial charge >= 0.3 is 0 Å². The van der Waals surface area contributed by atoms with Gasteiger partial charge in [-0.1, -0.05) is 12.2 Å². The van der Waals surface area contributed by atoms with E-state index in [-0.39, 0.29) is 6.42 Å². The number of hydrogen-bond donors (Lipinski definition) is 2. The number of amides is 2. The first-order valence-corrected chi connectivity index (χ1v) is 8.91. The summed E-state index contributed by atoms with van der Waals surface area (Å²) in [4.78, 5) is 36.8. The first kappa shape index (κ1) is 16.7. The molecule has 0 fully saturated rings. The zero-order valence-electron chi connectivity index (χ0n) is 13.2. The Morgan fingerprint density at radius 3 is 2.46 bits per heavy atom. The van der Waals surface area contributed by atoms with E-state index in [0.29, 0.717) is 17.0 Å². The summed E-state index contributed by atoms with van der Waals surface area (Å²) in [5, 5.41) is 14.5. The molecule has 6 nitrogen and oxygen atoms in total. The average Bonchev–Trinajstić information content (AvgIpc) is 2.92. The first-order chi connectivity index (χ1) is 11.5. The van der Waals surface area contributed by atoms with Crippen molar-refractivity contribution in [2.75, 3.05) is 5.32 Å². The zero-order valence-corrected chi connectivity index (χ0v) is 14.0. The Hall–Kier alpha value is -2.15. The van der Waals surface area contributed by atoms with E-state index < -0.39 is 29.6 Å². The number of primary amides is 1. The third-order valence-corrected chi connectivity index (χ3v) is 5.93. The molecule has 3 rings (SSSR count). The number of nitrogens with two attached hydrogens (primary N) is 1. The molecule has 2 unspecified atom stereocenters. The Balaban J connectivity index is 1.86. The number of allylic oxidation sites excluding steroid dienone is 2. The van der Waals surface area contributed by atoms with Crippen LogP contribution < -0.4 is 16.2 Å². The summed E-state index contributed by atoms with van der Waals surface area (Å²) >= 11 is 1.38. The van der Waals surface area contributed by atoms with Gasteiger partial charge in [0, 0.05) is 16.8 Å². The lowest BCUT2D eigenvalue weighted by Crippen LogP contribution is -2.41. The van der Waals surface area contributed by atoms with E-state index in [1.165, 1.54) is 11.3 Å². The fraction of sp³-hybridized carbons (Fsp3) is 0.471. The molecule has 0 spiro atoms. The standard InChI is InChI=1S/C17H20N2O4S/c18-14(20)13-11-7-3-4-8-12(11)24-16(13)19-15(21)9-5-1-2-6-10(9)17(22)23/h1-2,9-10H,3-8H2,(H2,18,20)(H,19,21)(H,22,23)/p-1. The van der Waals surface area contributed by atoms with Crippen molar-refractivity contribution in [3.63, 3.8) is 0 Å². The Bertz CT molecular complexity index is 722. The predicted octanol–water partition coefficient (Wildman–Crippen LogP) is 0.997. The molecule has 7 heteroatoms. The lowest BCUT2D eigenvalue weighted by Gasteiger charge is -2.28. The van der Waals surface area contributed by atoms with Crippen LogP contribution >= 0.6 is 11.3 Å². The Kier molecular flexibility index (Phi) is 4.71. The fourth-order valence-corrected chi connectivity index (χ4v) is 4.78. The van der Waals surface area contributed by atoms with Gasteiger partial charge in [0.1, 0.15) is 5.00 Å². The molecule has 2 amide bonds. The summed E-state index contributed by atoms with van der Waals surface area (Å²) in [5.41, 5.74) is 6.84. The minimum atomic E-state index is -1.22. The summed E-state index contributed by atoms with van der Waals surface area (Å²) in [6.07, 6.45) is 7.90. The molecular formula is C17H19N2O4S-. The molecule has 0 saturated carbocycles. The van der Waals surface area contributed by atoms with Crippen LogP contribution in [0, 0.1) is 11.8 Å². The van der Waals surface area contributed by atoms with Gasteiger partial charge in [0.25, 0.3) is 5.91 Å². The molecule has 0 bridgehead atoms. The third-order valence-electron chi connectivity index (χ3n) is 4.73. The van der Waals surface area contributed by atoms with E-state index in [4.69, 9.17) is 5.73 Å². The van der Waals surface area contributed by atoms with E-state index in [2.05, 4.69) is 5.32 Å². The van der Waals surface area contributed by atoms with Crippen molar-refractivity contribution in [1.82, 2.24) is 0 Å². The number of aryl methyl sites for hydroxylation is 1. The molecule has 1 aromatic rings. The molecule has 0 radical (unpaired) electrons. The second kappa shape index (κ2) is 6.76. The van der Waals surface area contributed by atoms with Crippen LogP contribution in [0.1, 0.15) is 46.5 Å². The van der Waals surface area contributed by atoms with Crippen LogP contribution in [0.15, 0.2) is 12.2 Å². The van der Waals surface area contributed by atoms with Crippen molar-refractivity contribution in [2.45, 2.75) is 38.5 Å². The summed E-state index contributed by atoms with van der Waals surface area (Å²) in [5.74, 6) is -3.71. The number of carboxylic acids is 1. The van der Waals surface area contributed by atoms with E-state index in [9.17, 15) is 19.5 Å². The molecule has 0 saturated heterocycles. The zero-order chi connectivity index (χ0) is 17.3. The number of carbonyl (C=O) groups is 3. The number of nitrogens with one attached hydrogen (secondary N) is 1. The van der Waals surface area contributed by atoms with Crippen LogP contribution in [0.25, 0.3) is 0 Å². The van der Waals surface area contributed by atoms with Gasteiger partial charge in [0.2, 0.25) is 5.91 Å². The summed E-state index contributed by atoms with van der Waals surface area (Å²) < 4.78 is 0. The molecule has 1 aromatic heterocycles. The summed E-state index contributed by atoms with van der Waals surface area (Å²) in [6.45, 7) is 0. The molecule has 2 aliphatic carbocycles. The van der Waals surface area contributed by atoms with Crippen molar-refractivity contribution in [3.8, 4) is 0 Å². The monoisotopic (exact) mass is 347 g/mol. The lowest BCUT2D eigenvalue weighted by atomic mass is 9.82. The molecular weight excluding hydrogens is 328 g/mol. The van der Waals surface area contributed by atoms with Crippen LogP contribution in [0.3, 0.4) is 0 Å². The number of carbonyl (C=O) groups excluding carboxylic acids is 3. The van der Waals surface area contributed by atoms with Crippen molar-refractivity contribution in [3.05, 3.63) is 28.2 Å². The molecule has 0 aromatic carbocycles. The van der Waals surface area contributed by atoms with Crippen LogP contribution in [0.5, 0.6) is 0 Å². The predicted molar refractivity (Wildman–Crippen MR) is 88.5 cm³/mol. The maximum Gasteiger partial charge on any atom is 0.251 e. The smallest absolute Gasteiger partial charge is 0.251 e. The van der Waals surface area contributed by atoms with Crippen molar-refractivity contribution >= 4 is 34.1 Å². The fourth-order valence-electron chi connectivity index (χ4n) is 3.48. The van der Waals surface area contributed by atoms with E-state index in [1.54, 1.807) is 12.2 Å². The summed E-state index contributed by atoms with van der Waals surface area (Å²) in [7, 11) is 0. The number of anilines is 1. The first-order valence-electron chi connectivity index (χ1n) is 8.10. The maximum atomic E-state index is 12.6. The number of aliphatic carboxylic acids is 1. The van der Waals surface area contributed by atoms with Gasteiger partial charge in [-0.25, -0.2) is 0 Å². The Morgan fingerprint density at radius 1 is 1.12 bits per heavy atom. The van der Waals surface area contributed by atoms with Gasteiger partial charge in [0.15, 0.2) is 0 Å². The van der Waals surface area contributed by atoms with Gasteiger partial charge in [-0.2, -0.15) is 0 Å². The minimum absolute atomic E-state index is 0.282. The van der Waals surface area contributed by atoms with E-state index >= 15 is 0 Å². The normalized spacial score (nSPS) is 22.7. The molecule has 2 atom stereocenters. The van der Waals surface area contributed by atoms with Gasteiger partial charge in [-0.3, -0.25) is 9.59 Å². The molecule has 3 N–H and O–H groups in total. The highest BCUT2D eigenvalue weighted by Gasteiger charge is 2.32. The highest BCUT2D eigenvalue weighted by Crippen LogP contribution is 2.38. The van der Waals surface area contributed by atoms with Crippen molar-refractivity contribution in [1.29, 1.82) is 0 Å². The van der Waals surface area contributed by atoms with E-state index in [1.807, 2.05) is 0 Å². The van der Waals surface area contributed by atoms with Crippen molar-refractivity contribution in [2.24, 2.45) is 17.6 Å². The van der Waals surface area contributed by atoms with Gasteiger partial charge < -0.3 is 21.0 Å². The topological polar surface area (TPSA) is 112 Å². The quantitative estimate of drug-likeness (QED) is 0.791. The summed E-state index contributed by atoms with van der Waals surface area (Å²) in [6, 6.07) is 0. The molecule has 128 valence electrons. The second-order valence-corrected chi connectivity index (χ2v) is 7.35. The molecule has 1 heterocycles. The maximum absolute atomic E-state index is 12.6. The van der Waals surface area contributed by atoms with Crippen LogP contribution in [-0.4, -0.2) is 17.8 Å². The Morgan fingerprint density at radius 2 is 1.79 bits per heavy atom. The highest BCUT2D eigenvalue weighted by atomic mass is 32.1. The lowest BCUT2D eigenvalue weighted by molar-refractivity contribution is -0.313. The molecule has 0 aliphatic heterocycles. The van der Waals surface area contributed by atoms with Crippen LogP contribution in [0.4, 0.5) is 5.00 Å². The largest absolute Gasteiger partial charge is 0.550 e. The number of rotatable bonds is 4. The van der Waals surface area contributed by atoms with E-state index in [0.717, 1.165) is 36.1 Å².